The van der Waals surface area contributed by atoms with Crippen LogP contribution in [-0.4, -0.2) is 40.2 Å². The van der Waals surface area contributed by atoms with Crippen molar-refractivity contribution in [3.63, 3.8) is 0 Å². The van der Waals surface area contributed by atoms with Gasteiger partial charge in [-0.15, -0.1) is 0 Å². The number of carboxylic acids is 1. The molecule has 1 aromatic heterocycles. The van der Waals surface area contributed by atoms with Gasteiger partial charge >= 0.3 is 5.97 Å². The van der Waals surface area contributed by atoms with Crippen LogP contribution in [0.5, 0.6) is 0 Å². The zero-order valence-corrected chi connectivity index (χ0v) is 22.4. The molecule has 2 atom stereocenters. The fraction of sp³-hybridized carbons (Fsp3) is 0.219. The molecule has 2 N–H and O–H groups in total. The van der Waals surface area contributed by atoms with E-state index in [2.05, 4.69) is 63.7 Å². The Morgan fingerprint density at radius 3 is 2.59 bits per heavy atom. The lowest BCUT2D eigenvalue weighted by Crippen LogP contribution is -2.40. The Balaban J connectivity index is 1.33. The molecule has 0 fully saturated rings. The predicted octanol–water partition coefficient (Wildman–Crippen LogP) is 6.34. The summed E-state index contributed by atoms with van der Waals surface area (Å²) >= 11 is 5.68. The molecule has 0 bridgehead atoms. The summed E-state index contributed by atoms with van der Waals surface area (Å²) in [6.45, 7) is 1.87. The molecular formula is C32H31N3O3S. The molecule has 4 aromatic rings. The van der Waals surface area contributed by atoms with E-state index in [9.17, 15) is 9.90 Å². The van der Waals surface area contributed by atoms with E-state index in [1.54, 1.807) is 18.2 Å². The fourth-order valence-corrected chi connectivity index (χ4v) is 5.43. The second kappa shape index (κ2) is 12.7. The number of rotatable bonds is 11. The van der Waals surface area contributed by atoms with Gasteiger partial charge in [0, 0.05) is 48.7 Å². The number of aromatic carboxylic acids is 1. The normalized spacial score (nSPS) is 15.0. The van der Waals surface area contributed by atoms with Crippen molar-refractivity contribution < 1.29 is 14.6 Å². The average molecular weight is 538 g/mol. The van der Waals surface area contributed by atoms with Gasteiger partial charge in [0.15, 0.2) is 0 Å². The summed E-state index contributed by atoms with van der Waals surface area (Å²) in [5.41, 5.74) is 5.81. The number of benzene rings is 3. The van der Waals surface area contributed by atoms with Gasteiger partial charge in [0.2, 0.25) is 0 Å². The highest BCUT2D eigenvalue weighted by molar-refractivity contribution is 7.80. The van der Waals surface area contributed by atoms with Crippen molar-refractivity contribution in [3.05, 3.63) is 126 Å². The third-order valence-electron chi connectivity index (χ3n) is 7.11. The molecule has 3 aromatic carbocycles. The third-order valence-corrected chi connectivity index (χ3v) is 7.42. The number of hydrogen-bond donors (Lipinski definition) is 2. The van der Waals surface area contributed by atoms with Crippen LogP contribution in [0.2, 0.25) is 0 Å². The minimum absolute atomic E-state index is 0.137. The van der Waals surface area contributed by atoms with Gasteiger partial charge in [0.05, 0.1) is 23.8 Å². The van der Waals surface area contributed by atoms with Crippen molar-refractivity contribution >= 4 is 34.6 Å². The van der Waals surface area contributed by atoms with Gasteiger partial charge in [-0.05, 0) is 59.5 Å². The summed E-state index contributed by atoms with van der Waals surface area (Å²) in [5.74, 6) is -0.824. The number of anilines is 2. The van der Waals surface area contributed by atoms with Crippen molar-refractivity contribution in [3.8, 4) is 0 Å². The number of carbonyl (C=O) groups is 1. The summed E-state index contributed by atoms with van der Waals surface area (Å²) in [6.07, 6.45) is 5.23. The zero-order chi connectivity index (χ0) is 27.0. The quantitative estimate of drug-likeness (QED) is 0.216. The number of ether oxygens (including phenoxy) is 1. The largest absolute Gasteiger partial charge is 0.478 e. The number of thiocarbonyl (C=S) groups is 1. The highest BCUT2D eigenvalue weighted by atomic mass is 32.1. The first-order chi connectivity index (χ1) is 19.1. The number of carboxylic acid groups (broad SMARTS) is 1. The standard InChI is InChI=1S/C32H31N3O3S/c36-32(37)26-10-6-11-27(19-26)34-31(39)15-18-35-29-12-5-4-9-25(29)20-30(35)28(24-13-16-33-17-14-24)22-38-21-23-7-2-1-3-8-23/h1-14,16-17,19,28,30H,15,18,20-22H2,(H,34,39)(H,36,37). The van der Waals surface area contributed by atoms with E-state index in [-0.39, 0.29) is 17.5 Å². The molecule has 198 valence electrons. The van der Waals surface area contributed by atoms with Crippen LogP contribution >= 0.6 is 12.2 Å². The molecule has 0 saturated heterocycles. The van der Waals surface area contributed by atoms with Gasteiger partial charge in [-0.25, -0.2) is 4.79 Å². The fourth-order valence-electron chi connectivity index (χ4n) is 5.22. The zero-order valence-electron chi connectivity index (χ0n) is 21.6. The van der Waals surface area contributed by atoms with Crippen molar-refractivity contribution in [2.24, 2.45) is 0 Å². The molecule has 39 heavy (non-hydrogen) atoms. The monoisotopic (exact) mass is 537 g/mol. The summed E-state index contributed by atoms with van der Waals surface area (Å²) in [4.78, 5) is 18.7. The molecular weight excluding hydrogens is 506 g/mol. The highest BCUT2D eigenvalue weighted by Crippen LogP contribution is 2.39. The van der Waals surface area contributed by atoms with E-state index in [0.29, 0.717) is 30.3 Å². The summed E-state index contributed by atoms with van der Waals surface area (Å²) in [5, 5.41) is 12.5. The lowest BCUT2D eigenvalue weighted by atomic mass is 9.90. The lowest BCUT2D eigenvalue weighted by molar-refractivity contribution is 0.0697. The second-order valence-electron chi connectivity index (χ2n) is 9.67. The first-order valence-corrected chi connectivity index (χ1v) is 13.5. The molecule has 5 rings (SSSR count). The molecule has 2 heterocycles. The van der Waals surface area contributed by atoms with Crippen molar-refractivity contribution in [1.82, 2.24) is 4.98 Å². The van der Waals surface area contributed by atoms with E-state index in [0.717, 1.165) is 18.5 Å². The van der Waals surface area contributed by atoms with E-state index in [1.165, 1.54) is 16.8 Å². The first kappa shape index (κ1) is 26.5. The number of para-hydroxylation sites is 1. The van der Waals surface area contributed by atoms with Gasteiger partial charge in [-0.1, -0.05) is 66.8 Å². The maximum atomic E-state index is 11.3. The minimum atomic E-state index is -0.960. The molecule has 0 radical (unpaired) electrons. The third kappa shape index (κ3) is 6.69. The first-order valence-electron chi connectivity index (χ1n) is 13.1. The van der Waals surface area contributed by atoms with E-state index >= 15 is 0 Å². The van der Waals surface area contributed by atoms with Gasteiger partial charge < -0.3 is 20.1 Å². The number of pyridine rings is 1. The van der Waals surface area contributed by atoms with Gasteiger partial charge in [-0.3, -0.25) is 4.98 Å². The van der Waals surface area contributed by atoms with Gasteiger partial charge in [-0.2, -0.15) is 0 Å². The Morgan fingerprint density at radius 2 is 1.79 bits per heavy atom. The summed E-state index contributed by atoms with van der Waals surface area (Å²) in [7, 11) is 0. The Morgan fingerprint density at radius 1 is 1.03 bits per heavy atom. The van der Waals surface area contributed by atoms with Crippen LogP contribution in [0.1, 0.15) is 39.4 Å². The molecule has 2 unspecified atom stereocenters. The molecule has 0 aliphatic carbocycles. The van der Waals surface area contributed by atoms with E-state index < -0.39 is 5.97 Å². The SMILES string of the molecule is O=C(O)c1cccc(NC(=S)CCN2c3ccccc3CC2C(COCc2ccccc2)c2ccncc2)c1. The summed E-state index contributed by atoms with van der Waals surface area (Å²) in [6, 6.07) is 29.9. The molecule has 6 nitrogen and oxygen atoms in total. The van der Waals surface area contributed by atoms with Gasteiger partial charge in [0.1, 0.15) is 0 Å². The molecule has 0 amide bonds. The van der Waals surface area contributed by atoms with Crippen LogP contribution in [0.15, 0.2) is 103 Å². The van der Waals surface area contributed by atoms with Crippen molar-refractivity contribution in [2.75, 3.05) is 23.4 Å². The van der Waals surface area contributed by atoms with Crippen molar-refractivity contribution in [2.45, 2.75) is 31.4 Å². The van der Waals surface area contributed by atoms with Crippen LogP contribution in [0, 0.1) is 0 Å². The molecule has 1 aliphatic rings. The Kier molecular flexibility index (Phi) is 8.61. The van der Waals surface area contributed by atoms with Crippen LogP contribution in [-0.2, 0) is 17.8 Å². The maximum absolute atomic E-state index is 11.3. The molecule has 1 aliphatic heterocycles. The Bertz CT molecular complexity index is 1410. The van der Waals surface area contributed by atoms with E-state index in [1.807, 2.05) is 36.7 Å². The van der Waals surface area contributed by atoms with Crippen molar-refractivity contribution in [1.29, 1.82) is 0 Å². The number of nitrogens with zero attached hydrogens (tertiary/aromatic N) is 2. The van der Waals surface area contributed by atoms with Crippen LogP contribution in [0.25, 0.3) is 0 Å². The Hall–Kier alpha value is -4.07. The maximum Gasteiger partial charge on any atom is 0.335 e. The number of hydrogen-bond acceptors (Lipinski definition) is 5. The summed E-state index contributed by atoms with van der Waals surface area (Å²) < 4.78 is 6.30. The van der Waals surface area contributed by atoms with Crippen LogP contribution in [0.4, 0.5) is 11.4 Å². The van der Waals surface area contributed by atoms with Crippen LogP contribution in [0.3, 0.4) is 0 Å². The average Bonchev–Trinajstić information content (AvgIpc) is 3.33. The molecule has 7 heteroatoms. The molecule has 0 spiro atoms. The Labute approximate surface area is 234 Å². The molecule has 0 saturated carbocycles. The van der Waals surface area contributed by atoms with Crippen LogP contribution < -0.4 is 10.2 Å². The predicted molar refractivity (Wildman–Crippen MR) is 159 cm³/mol. The highest BCUT2D eigenvalue weighted by Gasteiger charge is 2.35. The van der Waals surface area contributed by atoms with Gasteiger partial charge in [0.25, 0.3) is 0 Å². The lowest BCUT2D eigenvalue weighted by Gasteiger charge is -2.34. The smallest absolute Gasteiger partial charge is 0.335 e. The topological polar surface area (TPSA) is 74.7 Å². The second-order valence-corrected chi connectivity index (χ2v) is 10.2. The number of nitrogens with one attached hydrogen (secondary N) is 1. The number of fused-ring (bicyclic) bond motifs is 1. The minimum Gasteiger partial charge on any atom is -0.478 e. The number of aromatic nitrogens is 1. The van der Waals surface area contributed by atoms with E-state index in [4.69, 9.17) is 17.0 Å².